The number of nitrogens with one attached hydrogen (secondary N) is 2. The number of carboxylic acid groups (broad SMARTS) is 1. The summed E-state index contributed by atoms with van der Waals surface area (Å²) in [4.78, 5) is 40.7. The number of nitrogens with zero attached hydrogens (tertiary/aromatic N) is 4. The molecule has 35 heavy (non-hydrogen) atoms. The van der Waals surface area contributed by atoms with Crippen molar-refractivity contribution in [3.63, 3.8) is 0 Å². The SMILES string of the molecule is C1CC1.CC(=O)NC1CCN(C(=O)Cc2ccc(-c3cccc4nc(NC(=O)O)nn34)cc2)CC1. The number of piperidine rings is 1. The maximum Gasteiger partial charge on any atom is 0.411 e. The summed E-state index contributed by atoms with van der Waals surface area (Å²) in [7, 11) is 0. The fourth-order valence-electron chi connectivity index (χ4n) is 3.91. The zero-order valence-corrected chi connectivity index (χ0v) is 19.7. The van der Waals surface area contributed by atoms with Gasteiger partial charge in [0.25, 0.3) is 5.95 Å². The average molecular weight is 479 g/mol. The first-order valence-corrected chi connectivity index (χ1v) is 11.9. The van der Waals surface area contributed by atoms with Crippen molar-refractivity contribution in [2.75, 3.05) is 18.4 Å². The number of likely N-dealkylation sites (tertiary alicyclic amines) is 1. The summed E-state index contributed by atoms with van der Waals surface area (Å²) in [6.07, 6.45) is 5.12. The third-order valence-corrected chi connectivity index (χ3v) is 5.79. The van der Waals surface area contributed by atoms with Crippen LogP contribution in [0.15, 0.2) is 42.5 Å². The van der Waals surface area contributed by atoms with E-state index in [0.717, 1.165) is 29.7 Å². The molecule has 0 radical (unpaired) electrons. The van der Waals surface area contributed by atoms with Crippen LogP contribution in [0.2, 0.25) is 0 Å². The molecule has 3 N–H and O–H groups in total. The molecule has 0 atom stereocenters. The van der Waals surface area contributed by atoms with E-state index in [9.17, 15) is 14.4 Å². The number of aromatic nitrogens is 3. The lowest BCUT2D eigenvalue weighted by molar-refractivity contribution is -0.131. The Kier molecular flexibility index (Phi) is 7.59. The predicted molar refractivity (Wildman–Crippen MR) is 131 cm³/mol. The summed E-state index contributed by atoms with van der Waals surface area (Å²) >= 11 is 0. The number of hydrogen-bond donors (Lipinski definition) is 3. The van der Waals surface area contributed by atoms with Gasteiger partial charge in [-0.05, 0) is 30.5 Å². The van der Waals surface area contributed by atoms with Gasteiger partial charge in [-0.25, -0.2) is 9.31 Å². The number of amides is 3. The van der Waals surface area contributed by atoms with Gasteiger partial charge < -0.3 is 15.3 Å². The maximum atomic E-state index is 12.7. The van der Waals surface area contributed by atoms with E-state index in [2.05, 4.69) is 20.7 Å². The molecule has 3 heterocycles. The van der Waals surface area contributed by atoms with Crippen molar-refractivity contribution in [2.45, 2.75) is 51.5 Å². The topological polar surface area (TPSA) is 129 Å². The Morgan fingerprint density at radius 1 is 1.03 bits per heavy atom. The van der Waals surface area contributed by atoms with E-state index in [-0.39, 0.29) is 23.8 Å². The van der Waals surface area contributed by atoms with Crippen LogP contribution in [0.25, 0.3) is 16.9 Å². The van der Waals surface area contributed by atoms with Crippen LogP contribution in [0.4, 0.5) is 10.7 Å². The number of pyridine rings is 1. The van der Waals surface area contributed by atoms with Crippen molar-refractivity contribution < 1.29 is 19.5 Å². The first kappa shape index (κ1) is 24.2. The first-order chi connectivity index (χ1) is 16.9. The molecule has 3 amide bonds. The monoisotopic (exact) mass is 478 g/mol. The molecule has 2 aliphatic rings. The Labute approximate surface area is 203 Å². The second-order valence-electron chi connectivity index (χ2n) is 8.84. The Bertz CT molecular complexity index is 1190. The van der Waals surface area contributed by atoms with Crippen LogP contribution >= 0.6 is 0 Å². The highest BCUT2D eigenvalue weighted by Crippen LogP contribution is 2.22. The number of anilines is 1. The molecule has 3 aromatic rings. The normalized spacial score (nSPS) is 15.2. The predicted octanol–water partition coefficient (Wildman–Crippen LogP) is 3.33. The lowest BCUT2D eigenvalue weighted by atomic mass is 10.0. The number of fused-ring (bicyclic) bond motifs is 1. The van der Waals surface area contributed by atoms with Gasteiger partial charge in [0.15, 0.2) is 5.65 Å². The van der Waals surface area contributed by atoms with Crippen molar-refractivity contribution in [3.05, 3.63) is 48.0 Å². The Morgan fingerprint density at radius 2 is 1.71 bits per heavy atom. The van der Waals surface area contributed by atoms with Crippen molar-refractivity contribution in [3.8, 4) is 11.3 Å². The minimum Gasteiger partial charge on any atom is -0.465 e. The second-order valence-corrected chi connectivity index (χ2v) is 8.84. The molecule has 0 bridgehead atoms. The van der Waals surface area contributed by atoms with Crippen LogP contribution in [-0.2, 0) is 16.0 Å². The van der Waals surface area contributed by atoms with Gasteiger partial charge >= 0.3 is 6.09 Å². The summed E-state index contributed by atoms with van der Waals surface area (Å²) in [6.45, 7) is 2.79. The minimum absolute atomic E-state index is 0.00874. The smallest absolute Gasteiger partial charge is 0.411 e. The number of rotatable bonds is 5. The standard InChI is InChI=1S/C22H24N6O4.C3H6/c1-14(29)23-17-9-11-27(12-10-17)20(30)13-15-5-7-16(8-6-15)18-3-2-4-19-24-21(25-22(31)32)26-28(18)19;1-2-3-1/h2-8,17H,9-13H2,1H3,(H,23,29)(H,25,26)(H,31,32);1-3H2. The largest absolute Gasteiger partial charge is 0.465 e. The molecule has 2 fully saturated rings. The third kappa shape index (κ3) is 6.78. The number of carbonyl (C=O) groups is 3. The molecule has 2 aromatic heterocycles. The van der Waals surface area contributed by atoms with Gasteiger partial charge in [0.2, 0.25) is 11.8 Å². The molecule has 5 rings (SSSR count). The van der Waals surface area contributed by atoms with E-state index >= 15 is 0 Å². The van der Waals surface area contributed by atoms with Crippen molar-refractivity contribution in [1.82, 2.24) is 24.8 Å². The minimum atomic E-state index is -1.23. The fourth-order valence-corrected chi connectivity index (χ4v) is 3.91. The Balaban J connectivity index is 0.000000894. The zero-order chi connectivity index (χ0) is 24.8. The van der Waals surface area contributed by atoms with Crippen LogP contribution in [0.5, 0.6) is 0 Å². The van der Waals surface area contributed by atoms with Gasteiger partial charge in [-0.2, -0.15) is 4.98 Å². The van der Waals surface area contributed by atoms with E-state index in [1.54, 1.807) is 10.6 Å². The molecule has 1 aliphatic carbocycles. The van der Waals surface area contributed by atoms with Crippen LogP contribution in [0.3, 0.4) is 0 Å². The first-order valence-electron chi connectivity index (χ1n) is 11.9. The van der Waals surface area contributed by atoms with Crippen LogP contribution in [0, 0.1) is 0 Å². The molecule has 1 aliphatic heterocycles. The number of benzene rings is 1. The molecule has 1 saturated heterocycles. The van der Waals surface area contributed by atoms with Gasteiger partial charge in [-0.15, -0.1) is 5.10 Å². The highest BCUT2D eigenvalue weighted by molar-refractivity contribution is 5.81. The van der Waals surface area contributed by atoms with Gasteiger partial charge in [0.05, 0.1) is 12.1 Å². The van der Waals surface area contributed by atoms with Crippen LogP contribution in [0.1, 0.15) is 44.6 Å². The lowest BCUT2D eigenvalue weighted by Gasteiger charge is -2.32. The van der Waals surface area contributed by atoms with Gasteiger partial charge in [-0.1, -0.05) is 49.6 Å². The van der Waals surface area contributed by atoms with E-state index in [0.29, 0.717) is 25.2 Å². The molecular weight excluding hydrogens is 448 g/mol. The maximum absolute atomic E-state index is 12.7. The lowest BCUT2D eigenvalue weighted by Crippen LogP contribution is -2.46. The average Bonchev–Trinajstić information content (AvgIpc) is 3.65. The van der Waals surface area contributed by atoms with Gasteiger partial charge in [-0.3, -0.25) is 14.9 Å². The Morgan fingerprint density at radius 3 is 2.31 bits per heavy atom. The van der Waals surface area contributed by atoms with E-state index < -0.39 is 6.09 Å². The highest BCUT2D eigenvalue weighted by Gasteiger charge is 2.23. The highest BCUT2D eigenvalue weighted by atomic mass is 16.4. The number of hydrogen-bond acceptors (Lipinski definition) is 5. The molecule has 10 heteroatoms. The van der Waals surface area contributed by atoms with Crippen LogP contribution < -0.4 is 10.6 Å². The summed E-state index contributed by atoms with van der Waals surface area (Å²) in [5, 5.41) is 18.2. The van der Waals surface area contributed by atoms with E-state index in [4.69, 9.17) is 5.11 Å². The summed E-state index contributed by atoms with van der Waals surface area (Å²) in [5.41, 5.74) is 3.05. The summed E-state index contributed by atoms with van der Waals surface area (Å²) < 4.78 is 1.57. The third-order valence-electron chi connectivity index (χ3n) is 5.79. The van der Waals surface area contributed by atoms with Gasteiger partial charge in [0, 0.05) is 31.6 Å². The number of carbonyl (C=O) groups excluding carboxylic acids is 2. The van der Waals surface area contributed by atoms with E-state index in [1.807, 2.05) is 41.3 Å². The van der Waals surface area contributed by atoms with E-state index in [1.165, 1.54) is 26.2 Å². The molecule has 0 unspecified atom stereocenters. The summed E-state index contributed by atoms with van der Waals surface area (Å²) in [6, 6.07) is 13.2. The van der Waals surface area contributed by atoms with Crippen molar-refractivity contribution in [2.24, 2.45) is 0 Å². The molecule has 184 valence electrons. The zero-order valence-electron chi connectivity index (χ0n) is 19.7. The summed E-state index contributed by atoms with van der Waals surface area (Å²) in [5.74, 6) is 0.0436. The van der Waals surface area contributed by atoms with Crippen molar-refractivity contribution in [1.29, 1.82) is 0 Å². The van der Waals surface area contributed by atoms with Gasteiger partial charge in [0.1, 0.15) is 0 Å². The molecule has 1 aromatic carbocycles. The van der Waals surface area contributed by atoms with Crippen molar-refractivity contribution >= 4 is 29.5 Å². The molecule has 1 saturated carbocycles. The molecular formula is C25H30N6O4. The van der Waals surface area contributed by atoms with Crippen LogP contribution in [-0.4, -0.2) is 61.6 Å². The quantitative estimate of drug-likeness (QED) is 0.516. The molecule has 10 nitrogen and oxygen atoms in total. The second kappa shape index (κ2) is 11.0. The molecule has 0 spiro atoms. The Hall–Kier alpha value is -3.95. The fraction of sp³-hybridized carbons (Fsp3) is 0.400.